The van der Waals surface area contributed by atoms with E-state index in [-0.39, 0.29) is 23.8 Å². The molecular weight excluding hydrogens is 456 g/mol. The molecule has 2 aromatic heterocycles. The van der Waals surface area contributed by atoms with Crippen molar-refractivity contribution in [1.82, 2.24) is 14.9 Å². The van der Waals surface area contributed by atoms with Gasteiger partial charge in [0, 0.05) is 42.2 Å². The fraction of sp³-hybridized carbons (Fsp3) is 0.286. The summed E-state index contributed by atoms with van der Waals surface area (Å²) in [7, 11) is 0. The third-order valence-electron chi connectivity index (χ3n) is 6.61. The van der Waals surface area contributed by atoms with Crippen LogP contribution >= 0.6 is 11.3 Å². The first-order valence-corrected chi connectivity index (χ1v) is 12.8. The van der Waals surface area contributed by atoms with Crippen LogP contribution in [0.5, 0.6) is 0 Å². The first-order valence-electron chi connectivity index (χ1n) is 12.0. The molecule has 2 N–H and O–H groups in total. The molecule has 2 atom stereocenters. The predicted octanol–water partition coefficient (Wildman–Crippen LogP) is 5.26. The number of aryl methyl sites for hydroxylation is 1. The third kappa shape index (κ3) is 4.88. The van der Waals surface area contributed by atoms with Crippen molar-refractivity contribution in [2.75, 3.05) is 6.54 Å². The molecule has 0 radical (unpaired) electrons. The fourth-order valence-corrected chi connectivity index (χ4v) is 5.77. The monoisotopic (exact) mass is 484 g/mol. The smallest absolute Gasteiger partial charge is 0.274 e. The SMILES string of the molecule is Cc1nc(C(=O)N2CC(N)CCC2CCC(=O)c2cccc3cccnc23)c(-c2ccccc2)s1. The second kappa shape index (κ2) is 10.1. The lowest BCUT2D eigenvalue weighted by atomic mass is 9.92. The summed E-state index contributed by atoms with van der Waals surface area (Å²) in [5.74, 6) is -0.0568. The van der Waals surface area contributed by atoms with Crippen LogP contribution in [0.1, 0.15) is 51.5 Å². The highest BCUT2D eigenvalue weighted by molar-refractivity contribution is 7.15. The quantitative estimate of drug-likeness (QED) is 0.377. The summed E-state index contributed by atoms with van der Waals surface area (Å²) in [6, 6.07) is 19.3. The van der Waals surface area contributed by atoms with Crippen molar-refractivity contribution in [3.05, 3.63) is 83.1 Å². The number of nitrogens with two attached hydrogens (primary N) is 1. The fourth-order valence-electron chi connectivity index (χ4n) is 4.86. The molecule has 35 heavy (non-hydrogen) atoms. The van der Waals surface area contributed by atoms with Gasteiger partial charge in [0.05, 0.1) is 15.4 Å². The number of piperidine rings is 1. The van der Waals surface area contributed by atoms with Crippen LogP contribution in [-0.4, -0.2) is 45.2 Å². The van der Waals surface area contributed by atoms with Crippen molar-refractivity contribution in [2.45, 2.75) is 44.7 Å². The van der Waals surface area contributed by atoms with E-state index >= 15 is 0 Å². The van der Waals surface area contributed by atoms with E-state index < -0.39 is 0 Å². The number of carbonyl (C=O) groups excluding carboxylic acids is 2. The minimum absolute atomic E-state index is 0.0473. The Hall–Kier alpha value is -3.42. The van der Waals surface area contributed by atoms with Gasteiger partial charge in [-0.15, -0.1) is 11.3 Å². The molecule has 2 unspecified atom stereocenters. The summed E-state index contributed by atoms with van der Waals surface area (Å²) in [6.07, 6.45) is 4.26. The maximum absolute atomic E-state index is 13.8. The second-order valence-electron chi connectivity index (χ2n) is 9.07. The number of hydrogen-bond acceptors (Lipinski definition) is 6. The van der Waals surface area contributed by atoms with E-state index in [1.807, 2.05) is 72.5 Å². The zero-order chi connectivity index (χ0) is 24.4. The molecule has 0 spiro atoms. The van der Waals surface area contributed by atoms with Gasteiger partial charge in [-0.1, -0.05) is 48.5 Å². The number of ketones is 1. The Labute approximate surface area is 208 Å². The largest absolute Gasteiger partial charge is 0.333 e. The van der Waals surface area contributed by atoms with Gasteiger partial charge in [-0.2, -0.15) is 0 Å². The lowest BCUT2D eigenvalue weighted by Gasteiger charge is -2.38. The Morgan fingerprint density at radius 3 is 2.69 bits per heavy atom. The van der Waals surface area contributed by atoms with E-state index in [1.165, 1.54) is 11.3 Å². The number of benzene rings is 2. The molecule has 7 heteroatoms. The number of aromatic nitrogens is 2. The highest BCUT2D eigenvalue weighted by atomic mass is 32.1. The van der Waals surface area contributed by atoms with E-state index in [0.717, 1.165) is 39.2 Å². The summed E-state index contributed by atoms with van der Waals surface area (Å²) in [6.45, 7) is 2.39. The van der Waals surface area contributed by atoms with Gasteiger partial charge in [0.25, 0.3) is 5.91 Å². The molecule has 2 aromatic carbocycles. The van der Waals surface area contributed by atoms with E-state index in [4.69, 9.17) is 5.73 Å². The molecule has 0 bridgehead atoms. The average Bonchev–Trinajstić information content (AvgIpc) is 3.29. The van der Waals surface area contributed by atoms with Gasteiger partial charge in [-0.05, 0) is 43.9 Å². The Morgan fingerprint density at radius 2 is 1.86 bits per heavy atom. The number of para-hydroxylation sites is 1. The normalized spacial score (nSPS) is 18.1. The van der Waals surface area contributed by atoms with Crippen LogP contribution in [0.4, 0.5) is 0 Å². The molecular formula is C28H28N4O2S. The number of fused-ring (bicyclic) bond motifs is 1. The summed E-state index contributed by atoms with van der Waals surface area (Å²) in [5.41, 5.74) is 9.10. The lowest BCUT2D eigenvalue weighted by Crippen LogP contribution is -2.51. The number of likely N-dealkylation sites (tertiary alicyclic amines) is 1. The van der Waals surface area contributed by atoms with Crippen LogP contribution < -0.4 is 5.73 Å². The topological polar surface area (TPSA) is 89.2 Å². The number of amides is 1. The third-order valence-corrected chi connectivity index (χ3v) is 7.63. The van der Waals surface area contributed by atoms with Gasteiger partial charge in [0.2, 0.25) is 0 Å². The van der Waals surface area contributed by atoms with Crippen LogP contribution in [-0.2, 0) is 0 Å². The van der Waals surface area contributed by atoms with Gasteiger partial charge >= 0.3 is 0 Å². The number of rotatable bonds is 6. The van der Waals surface area contributed by atoms with E-state index in [9.17, 15) is 9.59 Å². The summed E-state index contributed by atoms with van der Waals surface area (Å²) in [5, 5.41) is 1.80. The number of Topliss-reactive ketones (excluding diaryl/α,β-unsaturated/α-hetero) is 1. The minimum atomic E-state index is -0.104. The van der Waals surface area contributed by atoms with Crippen LogP contribution in [0.15, 0.2) is 66.9 Å². The summed E-state index contributed by atoms with van der Waals surface area (Å²) in [4.78, 5) is 38.7. The molecule has 3 heterocycles. The van der Waals surface area contributed by atoms with Crippen LogP contribution in [0.25, 0.3) is 21.3 Å². The van der Waals surface area contributed by atoms with Crippen LogP contribution in [0, 0.1) is 6.92 Å². The van der Waals surface area contributed by atoms with Crippen molar-refractivity contribution < 1.29 is 9.59 Å². The predicted molar refractivity (Wildman–Crippen MR) is 140 cm³/mol. The van der Waals surface area contributed by atoms with Gasteiger partial charge in [-0.25, -0.2) is 4.98 Å². The number of nitrogens with zero attached hydrogens (tertiary/aromatic N) is 3. The lowest BCUT2D eigenvalue weighted by molar-refractivity contribution is 0.0561. The molecule has 0 saturated carbocycles. The standard InChI is InChI=1S/C28H28N4O2S/c1-18-31-26(27(35-18)20-7-3-2-4-8-20)28(34)32-17-21(29)12-13-22(32)14-15-24(33)23-11-5-9-19-10-6-16-30-25(19)23/h2-11,16,21-22H,12-15,17,29H2,1H3. The summed E-state index contributed by atoms with van der Waals surface area (Å²) < 4.78 is 0. The van der Waals surface area contributed by atoms with Gasteiger partial charge < -0.3 is 10.6 Å². The molecule has 178 valence electrons. The Balaban J connectivity index is 1.37. The van der Waals surface area contributed by atoms with E-state index in [0.29, 0.717) is 30.6 Å². The molecule has 6 nitrogen and oxygen atoms in total. The zero-order valence-electron chi connectivity index (χ0n) is 19.7. The Kier molecular flexibility index (Phi) is 6.70. The minimum Gasteiger partial charge on any atom is -0.333 e. The van der Waals surface area contributed by atoms with E-state index in [1.54, 1.807) is 6.20 Å². The first-order chi connectivity index (χ1) is 17.0. The molecule has 4 aromatic rings. The van der Waals surface area contributed by atoms with Crippen molar-refractivity contribution in [3.63, 3.8) is 0 Å². The number of thiazole rings is 1. The first kappa shape index (κ1) is 23.3. The van der Waals surface area contributed by atoms with Crippen LogP contribution in [0.2, 0.25) is 0 Å². The number of carbonyl (C=O) groups is 2. The molecule has 5 rings (SSSR count). The van der Waals surface area contributed by atoms with Crippen molar-refractivity contribution in [3.8, 4) is 10.4 Å². The zero-order valence-corrected chi connectivity index (χ0v) is 20.5. The second-order valence-corrected chi connectivity index (χ2v) is 10.3. The van der Waals surface area contributed by atoms with Crippen molar-refractivity contribution in [2.24, 2.45) is 5.73 Å². The molecule has 1 saturated heterocycles. The molecule has 1 aliphatic heterocycles. The molecule has 1 aliphatic rings. The van der Waals surface area contributed by atoms with Crippen molar-refractivity contribution >= 4 is 33.9 Å². The van der Waals surface area contributed by atoms with Crippen LogP contribution in [0.3, 0.4) is 0 Å². The molecule has 1 amide bonds. The molecule has 0 aliphatic carbocycles. The summed E-state index contributed by atoms with van der Waals surface area (Å²) >= 11 is 1.53. The molecule has 1 fully saturated rings. The highest BCUT2D eigenvalue weighted by Crippen LogP contribution is 2.33. The van der Waals surface area contributed by atoms with E-state index in [2.05, 4.69) is 9.97 Å². The van der Waals surface area contributed by atoms with Gasteiger partial charge in [0.1, 0.15) is 5.69 Å². The maximum Gasteiger partial charge on any atom is 0.274 e. The average molecular weight is 485 g/mol. The number of hydrogen-bond donors (Lipinski definition) is 1. The Morgan fingerprint density at radius 1 is 1.06 bits per heavy atom. The van der Waals surface area contributed by atoms with Crippen molar-refractivity contribution in [1.29, 1.82) is 0 Å². The Bertz CT molecular complexity index is 1360. The van der Waals surface area contributed by atoms with Gasteiger partial charge in [-0.3, -0.25) is 14.6 Å². The number of pyridine rings is 1. The van der Waals surface area contributed by atoms with Gasteiger partial charge in [0.15, 0.2) is 5.78 Å². The highest BCUT2D eigenvalue weighted by Gasteiger charge is 2.33. The maximum atomic E-state index is 13.8.